The van der Waals surface area contributed by atoms with Gasteiger partial charge in [0.2, 0.25) is 0 Å². The summed E-state index contributed by atoms with van der Waals surface area (Å²) in [7, 11) is 1.14. The second kappa shape index (κ2) is 8.53. The van der Waals surface area contributed by atoms with E-state index in [-0.39, 0.29) is 38.8 Å². The van der Waals surface area contributed by atoms with E-state index in [0.717, 1.165) is 11.8 Å². The van der Waals surface area contributed by atoms with Gasteiger partial charge in [0.1, 0.15) is 10.8 Å². The molecular weight excluding hydrogens is 497 g/mol. The molecule has 0 atom stereocenters. The van der Waals surface area contributed by atoms with Crippen molar-refractivity contribution in [3.05, 3.63) is 58.0 Å². The van der Waals surface area contributed by atoms with E-state index in [1.54, 1.807) is 0 Å². The molecule has 2 aromatic heterocycles. The smallest absolute Gasteiger partial charge is 0.435 e. The lowest BCUT2D eigenvalue weighted by Gasteiger charge is -2.31. The third kappa shape index (κ3) is 4.19. The lowest BCUT2D eigenvalue weighted by Crippen LogP contribution is -2.50. The Morgan fingerprint density at radius 1 is 1.00 bits per heavy atom. The minimum absolute atomic E-state index is 0.0634. The van der Waals surface area contributed by atoms with Gasteiger partial charge in [-0.15, -0.1) is 5.10 Å². The van der Waals surface area contributed by atoms with Crippen molar-refractivity contribution < 1.29 is 40.3 Å². The van der Waals surface area contributed by atoms with Gasteiger partial charge in [-0.1, -0.05) is 28.9 Å². The van der Waals surface area contributed by atoms with Crippen molar-refractivity contribution in [1.82, 2.24) is 20.0 Å². The number of esters is 1. The highest BCUT2D eigenvalue weighted by Gasteiger charge is 2.73. The molecule has 0 aliphatic rings. The Kier molecular flexibility index (Phi) is 6.37. The summed E-state index contributed by atoms with van der Waals surface area (Å²) in [5.74, 6) is -0.766. The first-order chi connectivity index (χ1) is 15.6. The molecule has 0 aliphatic carbocycles. The number of hydrogen-bond donors (Lipinski definition) is 0. The minimum Gasteiger partial charge on any atom is -0.465 e. The van der Waals surface area contributed by atoms with Gasteiger partial charge < -0.3 is 4.74 Å². The van der Waals surface area contributed by atoms with E-state index in [1.165, 1.54) is 32.3 Å². The molecule has 34 heavy (non-hydrogen) atoms. The number of pyridine rings is 1. The van der Waals surface area contributed by atoms with Crippen molar-refractivity contribution in [2.24, 2.45) is 0 Å². The fourth-order valence-electron chi connectivity index (χ4n) is 3.35. The van der Waals surface area contributed by atoms with Crippen LogP contribution in [-0.4, -0.2) is 45.4 Å². The second-order valence-electron chi connectivity index (χ2n) is 7.21. The van der Waals surface area contributed by atoms with Gasteiger partial charge in [0.25, 0.3) is 0 Å². The first-order valence-electron chi connectivity index (χ1n) is 9.22. The Morgan fingerprint density at radius 2 is 1.56 bits per heavy atom. The number of aromatic nitrogens is 4. The molecule has 1 aromatic carbocycles. The summed E-state index contributed by atoms with van der Waals surface area (Å²) in [6.07, 6.45) is -9.89. The monoisotopic (exact) mass is 510 g/mol. The summed E-state index contributed by atoms with van der Waals surface area (Å²) < 4.78 is 99.0. The molecule has 0 fully saturated rings. The average molecular weight is 511 g/mol. The van der Waals surface area contributed by atoms with E-state index in [9.17, 15) is 35.5 Å². The van der Waals surface area contributed by atoms with Crippen molar-refractivity contribution in [3.63, 3.8) is 0 Å². The summed E-state index contributed by atoms with van der Waals surface area (Å²) >= 11 is 5.87. The van der Waals surface area contributed by atoms with Crippen molar-refractivity contribution in [1.29, 1.82) is 0 Å². The van der Waals surface area contributed by atoms with Gasteiger partial charge in [0.15, 0.2) is 0 Å². The minimum atomic E-state index is -6.23. The molecule has 0 saturated heterocycles. The van der Waals surface area contributed by atoms with Crippen LogP contribution in [0.25, 0.3) is 16.9 Å². The van der Waals surface area contributed by atoms with E-state index in [2.05, 4.69) is 20.0 Å². The van der Waals surface area contributed by atoms with Gasteiger partial charge in [-0.25, -0.2) is 18.9 Å². The summed E-state index contributed by atoms with van der Waals surface area (Å²) in [5, 5.41) is 7.61. The van der Waals surface area contributed by atoms with Crippen LogP contribution >= 0.6 is 11.6 Å². The molecule has 0 aliphatic heterocycles. The number of nitrogens with zero attached hydrogens (tertiary/aromatic N) is 4. The maximum atomic E-state index is 14.5. The Hall–Kier alpha value is -3.22. The number of carbonyl (C=O) groups excluding carboxylic acids is 1. The van der Waals surface area contributed by atoms with Crippen LogP contribution in [0.3, 0.4) is 0 Å². The molecule has 3 aromatic rings. The fraction of sp³-hybridized carbons (Fsp3) is 0.300. The predicted octanol–water partition coefficient (Wildman–Crippen LogP) is 5.68. The SMILES string of the molecule is COC(=O)c1cc(-c2cn(-c3c(C)cc(C(F)(C(F)(F)F)C(F)(F)F)cc3C)nn2)cnc1Cl. The first-order valence-corrected chi connectivity index (χ1v) is 9.60. The lowest BCUT2D eigenvalue weighted by molar-refractivity contribution is -0.348. The largest absolute Gasteiger partial charge is 0.465 e. The molecule has 0 bridgehead atoms. The van der Waals surface area contributed by atoms with E-state index in [4.69, 9.17) is 11.6 Å². The summed E-state index contributed by atoms with van der Waals surface area (Å²) in [6, 6.07) is 2.25. The highest BCUT2D eigenvalue weighted by molar-refractivity contribution is 6.32. The van der Waals surface area contributed by atoms with E-state index in [1.807, 2.05) is 0 Å². The number of alkyl halides is 7. The molecule has 0 radical (unpaired) electrons. The van der Waals surface area contributed by atoms with Crippen LogP contribution in [0.5, 0.6) is 0 Å². The Labute approximate surface area is 192 Å². The standard InChI is InChI=1S/C20H14ClF7N4O2/c1-9-4-12(18(22,19(23,24)25)20(26,27)28)5-10(2)15(9)32-8-14(30-31-32)11-6-13(17(33)34-3)16(21)29-7-11/h4-8H,1-3H3. The normalized spacial score (nSPS) is 12.7. The molecular formula is C20H14ClF7N4O2. The van der Waals surface area contributed by atoms with Crippen molar-refractivity contribution in [3.8, 4) is 16.9 Å². The third-order valence-electron chi connectivity index (χ3n) is 4.93. The highest BCUT2D eigenvalue weighted by atomic mass is 35.5. The van der Waals surface area contributed by atoms with Gasteiger partial charge >= 0.3 is 24.0 Å². The Morgan fingerprint density at radius 3 is 2.06 bits per heavy atom. The zero-order chi connectivity index (χ0) is 25.6. The molecule has 0 N–H and O–H groups in total. The average Bonchev–Trinajstić information content (AvgIpc) is 3.20. The lowest BCUT2D eigenvalue weighted by atomic mass is 9.90. The van der Waals surface area contributed by atoms with Crippen LogP contribution < -0.4 is 0 Å². The molecule has 0 spiro atoms. The number of benzene rings is 1. The zero-order valence-corrected chi connectivity index (χ0v) is 18.3. The Balaban J connectivity index is 2.09. The van der Waals surface area contributed by atoms with Gasteiger partial charge in [-0.2, -0.15) is 26.3 Å². The summed E-state index contributed by atoms with van der Waals surface area (Å²) in [4.78, 5) is 15.7. The Bertz CT molecular complexity index is 1220. The van der Waals surface area contributed by atoms with Crippen LogP contribution in [0, 0.1) is 13.8 Å². The number of halogens is 8. The number of carbonyl (C=O) groups is 1. The molecule has 6 nitrogen and oxygen atoms in total. The molecule has 2 heterocycles. The number of methoxy groups -OCH3 is 1. The number of aryl methyl sites for hydroxylation is 2. The van der Waals surface area contributed by atoms with Crippen LogP contribution in [0.4, 0.5) is 30.7 Å². The summed E-state index contributed by atoms with van der Waals surface area (Å²) in [5.41, 5.74) is -6.94. The second-order valence-corrected chi connectivity index (χ2v) is 7.57. The van der Waals surface area contributed by atoms with Gasteiger partial charge in [-0.05, 0) is 31.0 Å². The molecule has 0 amide bonds. The van der Waals surface area contributed by atoms with Crippen molar-refractivity contribution in [2.75, 3.05) is 7.11 Å². The third-order valence-corrected chi connectivity index (χ3v) is 5.23. The molecule has 14 heteroatoms. The maximum Gasteiger partial charge on any atom is 0.435 e. The molecule has 3 rings (SSSR count). The number of rotatable bonds is 4. The van der Waals surface area contributed by atoms with Crippen LogP contribution in [0.2, 0.25) is 5.15 Å². The van der Waals surface area contributed by atoms with Crippen LogP contribution in [-0.2, 0) is 10.4 Å². The van der Waals surface area contributed by atoms with Crippen molar-refractivity contribution >= 4 is 17.6 Å². The van der Waals surface area contributed by atoms with Gasteiger partial charge in [0.05, 0.1) is 24.6 Å². The molecule has 0 unspecified atom stereocenters. The van der Waals surface area contributed by atoms with Gasteiger partial charge in [0, 0.05) is 17.3 Å². The zero-order valence-electron chi connectivity index (χ0n) is 17.5. The number of ether oxygens (including phenoxy) is 1. The first kappa shape index (κ1) is 25.4. The highest BCUT2D eigenvalue weighted by Crippen LogP contribution is 2.53. The van der Waals surface area contributed by atoms with E-state index >= 15 is 0 Å². The number of hydrogen-bond acceptors (Lipinski definition) is 5. The molecule has 182 valence electrons. The quantitative estimate of drug-likeness (QED) is 0.257. The predicted molar refractivity (Wildman–Crippen MR) is 105 cm³/mol. The summed E-state index contributed by atoms with van der Waals surface area (Å²) in [6.45, 7) is 2.42. The maximum absolute atomic E-state index is 14.5. The van der Waals surface area contributed by atoms with Crippen LogP contribution in [0.1, 0.15) is 27.0 Å². The van der Waals surface area contributed by atoms with Crippen LogP contribution in [0.15, 0.2) is 30.6 Å². The molecule has 0 saturated carbocycles. The fourth-order valence-corrected chi connectivity index (χ4v) is 3.53. The topological polar surface area (TPSA) is 69.9 Å². The van der Waals surface area contributed by atoms with Crippen molar-refractivity contribution in [2.45, 2.75) is 31.9 Å². The van der Waals surface area contributed by atoms with E-state index < -0.39 is 29.6 Å². The van der Waals surface area contributed by atoms with Gasteiger partial charge in [-0.3, -0.25) is 0 Å². The van der Waals surface area contributed by atoms with E-state index in [0.29, 0.717) is 12.1 Å².